The van der Waals surface area contributed by atoms with E-state index in [1.54, 1.807) is 20.4 Å². The molecule has 0 radical (unpaired) electrons. The number of aliphatic hydroxyl groups is 1. The summed E-state index contributed by atoms with van der Waals surface area (Å²) in [5.74, 6) is 1.54. The number of nitrogens with one attached hydrogen (secondary N) is 1. The van der Waals surface area contributed by atoms with Gasteiger partial charge in [-0.2, -0.15) is 0 Å². The van der Waals surface area contributed by atoms with E-state index in [1.165, 1.54) is 0 Å². The van der Waals surface area contributed by atoms with Gasteiger partial charge < -0.3 is 19.9 Å². The summed E-state index contributed by atoms with van der Waals surface area (Å²) in [6, 6.07) is 15.9. The molecule has 0 bridgehead atoms. The molecule has 0 saturated carbocycles. The first-order chi connectivity index (χ1) is 23.4. The number of ether oxygens (including phenoxy) is 2. The molecule has 6 rings (SSSR count). The Morgan fingerprint density at radius 3 is 2.15 bits per heavy atom. The van der Waals surface area contributed by atoms with Crippen LogP contribution in [-0.2, 0) is 17.8 Å². The molecule has 2 N–H and O–H groups in total. The van der Waals surface area contributed by atoms with E-state index in [-0.39, 0.29) is 18.6 Å². The molecular weight excluding hydrogens is 649 g/mol. The molecule has 1 atom stereocenters. The number of aryl methyl sites for hydroxylation is 1. The second-order valence-corrected chi connectivity index (χ2v) is 13.3. The second-order valence-electron chi connectivity index (χ2n) is 12.5. The largest absolute Gasteiger partial charge is 0.481 e. The maximum atomic E-state index is 11.5. The first-order valence-corrected chi connectivity index (χ1v) is 17.3. The minimum absolute atomic E-state index is 0.127. The van der Waals surface area contributed by atoms with E-state index in [0.29, 0.717) is 57.5 Å². The number of aromatic nitrogens is 3. The number of nitrogens with zero attached hydrogens (tertiary/aromatic N) is 4. The van der Waals surface area contributed by atoms with Crippen LogP contribution in [0.4, 0.5) is 0 Å². The van der Waals surface area contributed by atoms with Gasteiger partial charge in [-0.05, 0) is 63.6 Å². The first kappa shape index (κ1) is 34.1. The van der Waals surface area contributed by atoms with Crippen LogP contribution < -0.4 is 14.8 Å². The van der Waals surface area contributed by atoms with Crippen molar-refractivity contribution in [2.75, 3.05) is 33.9 Å². The number of carbonyl (C=O) groups excluding carboxylic acids is 1. The summed E-state index contributed by atoms with van der Waals surface area (Å²) in [7, 11) is 3.23. The highest BCUT2D eigenvalue weighted by Gasteiger charge is 2.23. The van der Waals surface area contributed by atoms with E-state index in [4.69, 9.17) is 47.6 Å². The summed E-state index contributed by atoms with van der Waals surface area (Å²) in [4.78, 5) is 28.2. The molecule has 0 unspecified atom stereocenters. The lowest BCUT2D eigenvalue weighted by Crippen LogP contribution is -2.34. The molecule has 48 heavy (non-hydrogen) atoms. The Labute approximate surface area is 291 Å². The highest BCUT2D eigenvalue weighted by atomic mass is 35.5. The summed E-state index contributed by atoms with van der Waals surface area (Å²) in [6.45, 7) is 2.87. The molecule has 4 heterocycles. The van der Waals surface area contributed by atoms with Gasteiger partial charge in [-0.15, -0.1) is 0 Å². The normalized spacial score (nSPS) is 17.0. The van der Waals surface area contributed by atoms with Gasteiger partial charge in [-0.1, -0.05) is 65.7 Å². The third-order valence-corrected chi connectivity index (χ3v) is 10.2. The molecule has 0 aliphatic carbocycles. The van der Waals surface area contributed by atoms with Gasteiger partial charge in [0.15, 0.2) is 0 Å². The Morgan fingerprint density at radius 2 is 1.52 bits per heavy atom. The fraction of sp³-hybridized carbons (Fsp3) is 0.405. The van der Waals surface area contributed by atoms with Crippen LogP contribution in [0.3, 0.4) is 0 Å². The Bertz CT molecular complexity index is 1760. The van der Waals surface area contributed by atoms with Crippen LogP contribution in [0, 0.1) is 5.92 Å². The van der Waals surface area contributed by atoms with Gasteiger partial charge in [0.25, 0.3) is 0 Å². The monoisotopic (exact) mass is 689 g/mol. The van der Waals surface area contributed by atoms with E-state index in [9.17, 15) is 9.90 Å². The molecule has 2 aromatic heterocycles. The van der Waals surface area contributed by atoms with Crippen molar-refractivity contribution in [1.82, 2.24) is 25.2 Å². The fourth-order valence-corrected chi connectivity index (χ4v) is 7.28. The van der Waals surface area contributed by atoms with Crippen LogP contribution in [0.25, 0.3) is 33.6 Å². The third-order valence-electron chi connectivity index (χ3n) is 9.39. The summed E-state index contributed by atoms with van der Waals surface area (Å²) >= 11 is 14.2. The van der Waals surface area contributed by atoms with Gasteiger partial charge in [0.2, 0.25) is 17.7 Å². The van der Waals surface area contributed by atoms with Crippen molar-refractivity contribution in [3.8, 4) is 45.4 Å². The lowest BCUT2D eigenvalue weighted by atomic mass is 9.97. The van der Waals surface area contributed by atoms with E-state index in [2.05, 4.69) is 16.3 Å². The molecule has 2 saturated heterocycles. The van der Waals surface area contributed by atoms with E-state index in [1.807, 2.05) is 42.5 Å². The number of methoxy groups -OCH3 is 2. The van der Waals surface area contributed by atoms with Crippen LogP contribution in [0.5, 0.6) is 11.8 Å². The zero-order valence-corrected chi connectivity index (χ0v) is 28.9. The zero-order valence-electron chi connectivity index (χ0n) is 27.3. The zero-order chi connectivity index (χ0) is 33.6. The Kier molecular flexibility index (Phi) is 11.1. The molecule has 2 aromatic carbocycles. The molecular formula is C37H41Cl2N5O4. The molecule has 2 fully saturated rings. The summed E-state index contributed by atoms with van der Waals surface area (Å²) < 4.78 is 11.4. The van der Waals surface area contributed by atoms with Crippen molar-refractivity contribution in [2.45, 2.75) is 57.5 Å². The molecule has 1 amide bonds. The van der Waals surface area contributed by atoms with Gasteiger partial charge in [0.1, 0.15) is 5.69 Å². The van der Waals surface area contributed by atoms with Crippen LogP contribution in [0.2, 0.25) is 10.0 Å². The lowest BCUT2D eigenvalue weighted by molar-refractivity contribution is -0.119. The van der Waals surface area contributed by atoms with Crippen molar-refractivity contribution in [3.05, 3.63) is 76.0 Å². The number of hydrogen-bond donors (Lipinski definition) is 2. The first-order valence-electron chi connectivity index (χ1n) is 16.5. The standard InChI is InChI=1S/C37H41Cl2N5O4/c1-47-36-24(21-44-18-16-23(22-45)17-19-44)12-14-30(42-36)28-9-4-7-26(34(28)38)27-8-5-10-29(35(27)39)32-20-40-31(37(43-32)48-2)11-3-6-25-13-15-33(46)41-25/h4-5,7-10,12,14,20,23,25,45H,3,6,11,13,15-19,21-22H2,1-2H3,(H,41,46)/t25-/m1/s1. The number of halogens is 2. The average Bonchev–Trinajstić information content (AvgIpc) is 3.54. The van der Waals surface area contributed by atoms with Crippen LogP contribution >= 0.6 is 23.2 Å². The maximum absolute atomic E-state index is 11.5. The van der Waals surface area contributed by atoms with E-state index >= 15 is 0 Å². The van der Waals surface area contributed by atoms with Crippen LogP contribution in [0.15, 0.2) is 54.7 Å². The van der Waals surface area contributed by atoms with Crippen molar-refractivity contribution >= 4 is 29.1 Å². The van der Waals surface area contributed by atoms with Crippen molar-refractivity contribution < 1.29 is 19.4 Å². The summed E-state index contributed by atoms with van der Waals surface area (Å²) in [6.07, 6.45) is 7.65. The number of pyridine rings is 1. The molecule has 2 aliphatic heterocycles. The number of carbonyl (C=O) groups is 1. The number of rotatable bonds is 12. The van der Waals surface area contributed by atoms with Gasteiger partial charge in [-0.3, -0.25) is 14.7 Å². The smallest absolute Gasteiger partial charge is 0.235 e. The minimum atomic E-state index is 0.127. The predicted octanol–water partition coefficient (Wildman–Crippen LogP) is 7.00. The van der Waals surface area contributed by atoms with Gasteiger partial charge in [0, 0.05) is 53.4 Å². The third kappa shape index (κ3) is 7.60. The number of benzene rings is 2. The highest BCUT2D eigenvalue weighted by molar-refractivity contribution is 6.39. The van der Waals surface area contributed by atoms with Gasteiger partial charge >= 0.3 is 0 Å². The predicted molar refractivity (Wildman–Crippen MR) is 188 cm³/mol. The number of likely N-dealkylation sites (tertiary alicyclic amines) is 1. The van der Waals surface area contributed by atoms with Gasteiger partial charge in [0.05, 0.1) is 41.8 Å². The minimum Gasteiger partial charge on any atom is -0.481 e. The Hall–Kier alpha value is -3.76. The molecule has 2 aliphatic rings. The summed E-state index contributed by atoms with van der Waals surface area (Å²) in [5, 5.41) is 13.5. The SMILES string of the molecule is COc1nc(-c2cccc(-c3cccc(-c4cnc(CCC[C@@H]5CCC(=O)N5)c(OC)n4)c3Cl)c2Cl)ccc1CN1CCC(CO)CC1. The van der Waals surface area contributed by atoms with Crippen molar-refractivity contribution in [2.24, 2.45) is 5.92 Å². The topological polar surface area (TPSA) is 110 Å². The maximum Gasteiger partial charge on any atom is 0.235 e. The molecule has 11 heteroatoms. The second kappa shape index (κ2) is 15.6. The fourth-order valence-electron chi connectivity index (χ4n) is 6.63. The molecule has 9 nitrogen and oxygen atoms in total. The molecule has 0 spiro atoms. The number of amides is 1. The quantitative estimate of drug-likeness (QED) is 0.164. The van der Waals surface area contributed by atoms with E-state index < -0.39 is 0 Å². The Morgan fingerprint density at radius 1 is 0.875 bits per heavy atom. The van der Waals surface area contributed by atoms with Crippen molar-refractivity contribution in [1.29, 1.82) is 0 Å². The Balaban J connectivity index is 1.22. The van der Waals surface area contributed by atoms with Crippen molar-refractivity contribution in [3.63, 3.8) is 0 Å². The number of aliphatic hydroxyl groups excluding tert-OH is 1. The van der Waals surface area contributed by atoms with Crippen LogP contribution in [0.1, 0.15) is 49.8 Å². The lowest BCUT2D eigenvalue weighted by Gasteiger charge is -2.31. The number of piperidine rings is 1. The van der Waals surface area contributed by atoms with Gasteiger partial charge in [-0.25, -0.2) is 9.97 Å². The average molecular weight is 691 g/mol. The van der Waals surface area contributed by atoms with Crippen LogP contribution in [-0.4, -0.2) is 70.8 Å². The molecule has 252 valence electrons. The molecule has 4 aromatic rings. The van der Waals surface area contributed by atoms with E-state index in [0.717, 1.165) is 79.7 Å². The number of hydrogen-bond acceptors (Lipinski definition) is 8. The summed E-state index contributed by atoms with van der Waals surface area (Å²) in [5.41, 5.74) is 6.11. The highest BCUT2D eigenvalue weighted by Crippen LogP contribution is 2.42.